The molecular formula is C21H22F3N7O2. The quantitative estimate of drug-likeness (QED) is 0.508. The second-order valence-electron chi connectivity index (χ2n) is 7.24. The number of aromatic nitrogens is 4. The summed E-state index contributed by atoms with van der Waals surface area (Å²) in [5, 5.41) is 12.2. The van der Waals surface area contributed by atoms with Gasteiger partial charge in [-0.25, -0.2) is 19.9 Å². The van der Waals surface area contributed by atoms with Crippen LogP contribution < -0.4 is 16.0 Å². The van der Waals surface area contributed by atoms with E-state index in [4.69, 9.17) is 15.6 Å². The Kier molecular flexibility index (Phi) is 6.56. The van der Waals surface area contributed by atoms with Gasteiger partial charge in [0.15, 0.2) is 0 Å². The summed E-state index contributed by atoms with van der Waals surface area (Å²) in [5.41, 5.74) is 5.38. The molecule has 1 saturated heterocycles. The van der Waals surface area contributed by atoms with Crippen molar-refractivity contribution in [2.24, 2.45) is 0 Å². The van der Waals surface area contributed by atoms with E-state index < -0.39 is 11.7 Å². The lowest BCUT2D eigenvalue weighted by atomic mass is 10.0. The number of nitrogens with two attached hydrogens (primary N) is 1. The summed E-state index contributed by atoms with van der Waals surface area (Å²) >= 11 is 0. The first-order valence-electron chi connectivity index (χ1n) is 10.2. The lowest BCUT2D eigenvalue weighted by Gasteiger charge is -2.27. The number of ether oxygens (including phenoxy) is 1. The van der Waals surface area contributed by atoms with E-state index in [-0.39, 0.29) is 36.2 Å². The molecular weight excluding hydrogens is 439 g/mol. The van der Waals surface area contributed by atoms with Gasteiger partial charge in [0.05, 0.1) is 36.8 Å². The number of anilines is 3. The van der Waals surface area contributed by atoms with E-state index in [0.717, 1.165) is 12.3 Å². The molecule has 174 valence electrons. The highest BCUT2D eigenvalue weighted by Crippen LogP contribution is 2.38. The minimum absolute atomic E-state index is 0.0540. The van der Waals surface area contributed by atoms with Crippen LogP contribution in [0.4, 0.5) is 30.8 Å². The summed E-state index contributed by atoms with van der Waals surface area (Å²) in [6, 6.07) is 5.70. The standard InChI is InChI=1S/C21H22F3N7O2/c22-21(23,24)15-10-18(25)28-12-14(15)17-11-16(13-2-1-3-26-19(13)27-4-7-32)29-20(30-17)31-5-8-33-9-6-31/h1-3,10-12,32H,4-9H2,(H2,25,28)(H,26,27). The van der Waals surface area contributed by atoms with Crippen molar-refractivity contribution in [3.8, 4) is 22.5 Å². The molecule has 0 radical (unpaired) electrons. The van der Waals surface area contributed by atoms with Gasteiger partial charge in [0.2, 0.25) is 5.95 Å². The van der Waals surface area contributed by atoms with Gasteiger partial charge in [-0.2, -0.15) is 13.2 Å². The largest absolute Gasteiger partial charge is 0.417 e. The van der Waals surface area contributed by atoms with E-state index in [1.165, 1.54) is 6.07 Å². The minimum atomic E-state index is -4.65. The number of pyridine rings is 2. The summed E-state index contributed by atoms with van der Waals surface area (Å²) in [5.74, 6) is 0.472. The Balaban J connectivity index is 1.90. The van der Waals surface area contributed by atoms with Crippen LogP contribution in [0.2, 0.25) is 0 Å². The molecule has 0 saturated carbocycles. The van der Waals surface area contributed by atoms with Gasteiger partial charge in [0.1, 0.15) is 11.6 Å². The molecule has 0 spiro atoms. The van der Waals surface area contributed by atoms with Crippen LogP contribution in [0.3, 0.4) is 0 Å². The van der Waals surface area contributed by atoms with Crippen molar-refractivity contribution < 1.29 is 23.0 Å². The van der Waals surface area contributed by atoms with E-state index in [2.05, 4.69) is 25.3 Å². The Morgan fingerprint density at radius 1 is 1.09 bits per heavy atom. The van der Waals surface area contributed by atoms with E-state index in [1.807, 2.05) is 4.90 Å². The van der Waals surface area contributed by atoms with Crippen LogP contribution in [0.15, 0.2) is 36.7 Å². The van der Waals surface area contributed by atoms with Gasteiger partial charge in [0.25, 0.3) is 0 Å². The van der Waals surface area contributed by atoms with Crippen molar-refractivity contribution in [1.29, 1.82) is 0 Å². The first-order chi connectivity index (χ1) is 15.9. The molecule has 0 amide bonds. The van der Waals surface area contributed by atoms with E-state index >= 15 is 0 Å². The van der Waals surface area contributed by atoms with Crippen LogP contribution in [0.25, 0.3) is 22.5 Å². The van der Waals surface area contributed by atoms with Crippen LogP contribution in [-0.4, -0.2) is 64.5 Å². The zero-order valence-corrected chi connectivity index (χ0v) is 17.5. The molecule has 1 fully saturated rings. The highest BCUT2D eigenvalue weighted by atomic mass is 19.4. The van der Waals surface area contributed by atoms with Gasteiger partial charge in [0, 0.05) is 43.2 Å². The highest BCUT2D eigenvalue weighted by Gasteiger charge is 2.35. The maximum atomic E-state index is 13.8. The lowest BCUT2D eigenvalue weighted by molar-refractivity contribution is -0.137. The Morgan fingerprint density at radius 3 is 2.52 bits per heavy atom. The van der Waals surface area contributed by atoms with Crippen LogP contribution in [0.5, 0.6) is 0 Å². The summed E-state index contributed by atoms with van der Waals surface area (Å²) in [7, 11) is 0. The molecule has 1 aliphatic heterocycles. The summed E-state index contributed by atoms with van der Waals surface area (Å²) in [6.45, 7) is 2.04. The number of halogens is 3. The predicted molar refractivity (Wildman–Crippen MR) is 117 cm³/mol. The van der Waals surface area contributed by atoms with Crippen molar-refractivity contribution in [2.75, 3.05) is 55.4 Å². The third-order valence-electron chi connectivity index (χ3n) is 5.00. The third-order valence-corrected chi connectivity index (χ3v) is 5.00. The average molecular weight is 461 g/mol. The molecule has 4 heterocycles. The Hall–Kier alpha value is -3.51. The molecule has 4 N–H and O–H groups in total. The molecule has 4 rings (SSSR count). The molecule has 3 aromatic rings. The van der Waals surface area contributed by atoms with Gasteiger partial charge in [-0.1, -0.05) is 0 Å². The van der Waals surface area contributed by atoms with Crippen molar-refractivity contribution in [1.82, 2.24) is 19.9 Å². The Labute approximate surface area is 187 Å². The van der Waals surface area contributed by atoms with Gasteiger partial charge in [-0.3, -0.25) is 0 Å². The van der Waals surface area contributed by atoms with Gasteiger partial charge >= 0.3 is 6.18 Å². The number of hydrogen-bond donors (Lipinski definition) is 3. The zero-order chi connectivity index (χ0) is 23.4. The maximum Gasteiger partial charge on any atom is 0.417 e. The predicted octanol–water partition coefficient (Wildman–Crippen LogP) is 2.44. The first kappa shape index (κ1) is 22.7. The summed E-state index contributed by atoms with van der Waals surface area (Å²) < 4.78 is 46.8. The molecule has 0 unspecified atom stereocenters. The van der Waals surface area contributed by atoms with E-state index in [0.29, 0.717) is 43.4 Å². The first-order valence-corrected chi connectivity index (χ1v) is 10.2. The van der Waals surface area contributed by atoms with Crippen molar-refractivity contribution in [3.05, 3.63) is 42.2 Å². The van der Waals surface area contributed by atoms with Gasteiger partial charge in [-0.15, -0.1) is 0 Å². The summed E-state index contributed by atoms with van der Waals surface area (Å²) in [4.78, 5) is 19.1. The van der Waals surface area contributed by atoms with E-state index in [9.17, 15) is 13.2 Å². The van der Waals surface area contributed by atoms with E-state index in [1.54, 1.807) is 18.3 Å². The number of aliphatic hydroxyl groups excluding tert-OH is 1. The topological polar surface area (TPSA) is 122 Å². The number of rotatable bonds is 6. The minimum Gasteiger partial charge on any atom is -0.395 e. The van der Waals surface area contributed by atoms with Gasteiger partial charge in [-0.05, 0) is 24.3 Å². The molecule has 0 atom stereocenters. The monoisotopic (exact) mass is 461 g/mol. The molecule has 3 aromatic heterocycles. The second kappa shape index (κ2) is 9.55. The third kappa shape index (κ3) is 5.12. The molecule has 0 aromatic carbocycles. The molecule has 9 nitrogen and oxygen atoms in total. The lowest BCUT2D eigenvalue weighted by Crippen LogP contribution is -2.37. The number of nitrogen functional groups attached to an aromatic ring is 1. The Bertz CT molecular complexity index is 1120. The second-order valence-corrected chi connectivity index (χ2v) is 7.24. The number of morpholine rings is 1. The number of hydrogen-bond acceptors (Lipinski definition) is 9. The molecule has 1 aliphatic rings. The smallest absolute Gasteiger partial charge is 0.395 e. The molecule has 0 bridgehead atoms. The SMILES string of the molecule is Nc1cc(C(F)(F)F)c(-c2cc(-c3cccnc3NCCO)nc(N3CCOCC3)n2)cn1. The fourth-order valence-electron chi connectivity index (χ4n) is 3.45. The fourth-order valence-corrected chi connectivity index (χ4v) is 3.45. The molecule has 33 heavy (non-hydrogen) atoms. The van der Waals surface area contributed by atoms with Crippen molar-refractivity contribution in [3.63, 3.8) is 0 Å². The van der Waals surface area contributed by atoms with Gasteiger partial charge < -0.3 is 25.8 Å². The van der Waals surface area contributed by atoms with Crippen LogP contribution in [-0.2, 0) is 10.9 Å². The van der Waals surface area contributed by atoms with Crippen LogP contribution in [0.1, 0.15) is 5.56 Å². The normalized spacial score (nSPS) is 14.4. The maximum absolute atomic E-state index is 13.8. The number of aliphatic hydroxyl groups is 1. The van der Waals surface area contributed by atoms with Crippen LogP contribution >= 0.6 is 0 Å². The molecule has 0 aliphatic carbocycles. The zero-order valence-electron chi connectivity index (χ0n) is 17.5. The van der Waals surface area contributed by atoms with Crippen LogP contribution in [0, 0.1) is 0 Å². The average Bonchev–Trinajstić information content (AvgIpc) is 2.82. The Morgan fingerprint density at radius 2 is 1.82 bits per heavy atom. The molecule has 12 heteroatoms. The fraction of sp³-hybridized carbons (Fsp3) is 0.333. The number of alkyl halides is 3. The van der Waals surface area contributed by atoms with Crippen molar-refractivity contribution in [2.45, 2.75) is 6.18 Å². The number of nitrogens with one attached hydrogen (secondary N) is 1. The van der Waals surface area contributed by atoms with Crippen molar-refractivity contribution >= 4 is 17.6 Å². The highest BCUT2D eigenvalue weighted by molar-refractivity contribution is 5.77. The summed E-state index contributed by atoms with van der Waals surface area (Å²) in [6.07, 6.45) is -2.01. The number of nitrogens with zero attached hydrogens (tertiary/aromatic N) is 5.